The van der Waals surface area contributed by atoms with E-state index in [9.17, 15) is 0 Å². The van der Waals surface area contributed by atoms with E-state index in [1.807, 2.05) is 54.6 Å². The Morgan fingerprint density at radius 2 is 1.68 bits per heavy atom. The summed E-state index contributed by atoms with van der Waals surface area (Å²) in [5.74, 6) is 1.23. The Kier molecular flexibility index (Phi) is 3.42. The maximum Gasteiger partial charge on any atom is 0.231 e. The lowest BCUT2D eigenvalue weighted by molar-refractivity contribution is 0.385. The molecule has 94 valence electrons. The molecule has 0 spiro atoms. The number of aromatic nitrogens is 2. The van der Waals surface area contributed by atoms with E-state index in [-0.39, 0.29) is 0 Å². The topological polar surface area (TPSA) is 38.9 Å². The van der Waals surface area contributed by atoms with Crippen LogP contribution in [0.15, 0.2) is 63.6 Å². The summed E-state index contributed by atoms with van der Waals surface area (Å²) < 4.78 is 6.26. The van der Waals surface area contributed by atoms with Crippen LogP contribution >= 0.6 is 15.9 Å². The van der Waals surface area contributed by atoms with Crippen LogP contribution in [0.3, 0.4) is 0 Å². The summed E-state index contributed by atoms with van der Waals surface area (Å²) in [5, 5.41) is 4.03. The average Bonchev–Trinajstić information content (AvgIpc) is 2.89. The summed E-state index contributed by atoms with van der Waals surface area (Å²) in [4.78, 5) is 4.43. The molecule has 0 saturated carbocycles. The monoisotopic (exact) mass is 314 g/mol. The van der Waals surface area contributed by atoms with Gasteiger partial charge in [-0.05, 0) is 17.7 Å². The summed E-state index contributed by atoms with van der Waals surface area (Å²) >= 11 is 3.49. The van der Waals surface area contributed by atoms with Crippen molar-refractivity contribution in [2.75, 3.05) is 0 Å². The normalized spacial score (nSPS) is 10.6. The molecule has 0 unspecified atom stereocenters. The first-order valence-corrected chi connectivity index (χ1v) is 6.73. The van der Waals surface area contributed by atoms with Gasteiger partial charge in [0.1, 0.15) is 0 Å². The van der Waals surface area contributed by atoms with Crippen molar-refractivity contribution in [3.8, 4) is 11.4 Å². The second kappa shape index (κ2) is 5.36. The third kappa shape index (κ3) is 2.74. The summed E-state index contributed by atoms with van der Waals surface area (Å²) in [6.07, 6.45) is 0.651. The Labute approximate surface area is 119 Å². The minimum atomic E-state index is 0.610. The van der Waals surface area contributed by atoms with Gasteiger partial charge in [0.2, 0.25) is 11.7 Å². The molecule has 0 amide bonds. The molecule has 4 heteroatoms. The van der Waals surface area contributed by atoms with Crippen LogP contribution in [0.25, 0.3) is 11.4 Å². The standard InChI is InChI=1S/C15H11BrN2O/c16-13-9-5-4-8-12(13)15-17-14(19-18-15)10-11-6-2-1-3-7-11/h1-9H,10H2. The molecule has 1 aromatic heterocycles. The third-order valence-corrected chi connectivity index (χ3v) is 3.47. The second-order valence-electron chi connectivity index (χ2n) is 4.15. The molecule has 0 bridgehead atoms. The molecule has 0 fully saturated rings. The van der Waals surface area contributed by atoms with Crippen molar-refractivity contribution in [1.82, 2.24) is 10.1 Å². The molecule has 0 atom stereocenters. The fourth-order valence-electron chi connectivity index (χ4n) is 1.85. The van der Waals surface area contributed by atoms with Gasteiger partial charge in [0.15, 0.2) is 0 Å². The van der Waals surface area contributed by atoms with Crippen molar-refractivity contribution in [3.05, 3.63) is 70.5 Å². The van der Waals surface area contributed by atoms with Crippen molar-refractivity contribution in [2.24, 2.45) is 0 Å². The van der Waals surface area contributed by atoms with Gasteiger partial charge >= 0.3 is 0 Å². The lowest BCUT2D eigenvalue weighted by Gasteiger charge is -1.96. The maximum atomic E-state index is 5.30. The van der Waals surface area contributed by atoms with E-state index in [0.29, 0.717) is 18.1 Å². The summed E-state index contributed by atoms with van der Waals surface area (Å²) in [6, 6.07) is 17.9. The zero-order chi connectivity index (χ0) is 13.1. The van der Waals surface area contributed by atoms with Gasteiger partial charge in [-0.2, -0.15) is 4.98 Å². The molecule has 0 N–H and O–H groups in total. The molecular formula is C15H11BrN2O. The SMILES string of the molecule is Brc1ccccc1-c1noc(Cc2ccccc2)n1. The number of rotatable bonds is 3. The van der Waals surface area contributed by atoms with Crippen LogP contribution in [0.2, 0.25) is 0 Å². The first-order chi connectivity index (χ1) is 9.33. The van der Waals surface area contributed by atoms with Crippen LogP contribution in [-0.2, 0) is 6.42 Å². The van der Waals surface area contributed by atoms with Crippen molar-refractivity contribution in [3.63, 3.8) is 0 Å². The van der Waals surface area contributed by atoms with E-state index < -0.39 is 0 Å². The van der Waals surface area contributed by atoms with E-state index in [1.54, 1.807) is 0 Å². The fourth-order valence-corrected chi connectivity index (χ4v) is 2.31. The van der Waals surface area contributed by atoms with Gasteiger partial charge in [-0.3, -0.25) is 0 Å². The molecule has 0 aliphatic heterocycles. The van der Waals surface area contributed by atoms with Gasteiger partial charge < -0.3 is 4.52 Å². The van der Waals surface area contributed by atoms with Crippen LogP contribution < -0.4 is 0 Å². The Morgan fingerprint density at radius 3 is 2.47 bits per heavy atom. The molecular weight excluding hydrogens is 304 g/mol. The number of hydrogen-bond donors (Lipinski definition) is 0. The lowest BCUT2D eigenvalue weighted by Crippen LogP contribution is -1.88. The number of hydrogen-bond acceptors (Lipinski definition) is 3. The predicted octanol–water partition coefficient (Wildman–Crippen LogP) is 4.09. The van der Waals surface area contributed by atoms with Gasteiger partial charge in [0.05, 0.1) is 6.42 Å². The van der Waals surface area contributed by atoms with Gasteiger partial charge in [-0.1, -0.05) is 63.6 Å². The third-order valence-electron chi connectivity index (χ3n) is 2.78. The van der Waals surface area contributed by atoms with Gasteiger partial charge in [-0.15, -0.1) is 0 Å². The Bertz CT molecular complexity index is 679. The zero-order valence-corrected chi connectivity index (χ0v) is 11.7. The van der Waals surface area contributed by atoms with Gasteiger partial charge in [0, 0.05) is 10.0 Å². The van der Waals surface area contributed by atoms with Crippen LogP contribution in [0.1, 0.15) is 11.5 Å². The van der Waals surface area contributed by atoms with E-state index >= 15 is 0 Å². The average molecular weight is 315 g/mol. The van der Waals surface area contributed by atoms with Crippen LogP contribution in [0, 0.1) is 0 Å². The smallest absolute Gasteiger partial charge is 0.231 e. The summed E-state index contributed by atoms with van der Waals surface area (Å²) in [7, 11) is 0. The highest BCUT2D eigenvalue weighted by atomic mass is 79.9. The van der Waals surface area contributed by atoms with Crippen molar-refractivity contribution >= 4 is 15.9 Å². The highest BCUT2D eigenvalue weighted by Gasteiger charge is 2.11. The molecule has 3 aromatic rings. The molecule has 3 rings (SSSR count). The number of nitrogens with zero attached hydrogens (tertiary/aromatic N) is 2. The molecule has 0 radical (unpaired) electrons. The van der Waals surface area contributed by atoms with Crippen LogP contribution in [0.5, 0.6) is 0 Å². The Balaban J connectivity index is 1.86. The van der Waals surface area contributed by atoms with E-state index in [0.717, 1.165) is 15.6 Å². The molecule has 0 aliphatic rings. The van der Waals surface area contributed by atoms with Crippen molar-refractivity contribution in [2.45, 2.75) is 6.42 Å². The fraction of sp³-hybridized carbons (Fsp3) is 0.0667. The zero-order valence-electron chi connectivity index (χ0n) is 10.1. The predicted molar refractivity (Wildman–Crippen MR) is 76.7 cm³/mol. The molecule has 0 aliphatic carbocycles. The first-order valence-electron chi connectivity index (χ1n) is 5.94. The summed E-state index contributed by atoms with van der Waals surface area (Å²) in [5.41, 5.74) is 2.09. The molecule has 1 heterocycles. The first kappa shape index (κ1) is 12.1. The number of halogens is 1. The van der Waals surface area contributed by atoms with Gasteiger partial charge in [-0.25, -0.2) is 0 Å². The van der Waals surface area contributed by atoms with E-state index in [1.165, 1.54) is 0 Å². The van der Waals surface area contributed by atoms with Crippen LogP contribution in [0.4, 0.5) is 0 Å². The highest BCUT2D eigenvalue weighted by Crippen LogP contribution is 2.25. The Morgan fingerprint density at radius 1 is 0.947 bits per heavy atom. The van der Waals surface area contributed by atoms with Crippen LogP contribution in [-0.4, -0.2) is 10.1 Å². The quantitative estimate of drug-likeness (QED) is 0.731. The van der Waals surface area contributed by atoms with E-state index in [2.05, 4.69) is 26.1 Å². The maximum absolute atomic E-state index is 5.30. The molecule has 0 saturated heterocycles. The minimum Gasteiger partial charge on any atom is -0.339 e. The minimum absolute atomic E-state index is 0.610. The van der Waals surface area contributed by atoms with Gasteiger partial charge in [0.25, 0.3) is 0 Å². The lowest BCUT2D eigenvalue weighted by atomic mass is 10.1. The molecule has 19 heavy (non-hydrogen) atoms. The van der Waals surface area contributed by atoms with E-state index in [4.69, 9.17) is 4.52 Å². The Hall–Kier alpha value is -1.94. The molecule has 3 nitrogen and oxygen atoms in total. The largest absolute Gasteiger partial charge is 0.339 e. The van der Waals surface area contributed by atoms with Crippen molar-refractivity contribution in [1.29, 1.82) is 0 Å². The van der Waals surface area contributed by atoms with Crippen molar-refractivity contribution < 1.29 is 4.52 Å². The number of benzene rings is 2. The second-order valence-corrected chi connectivity index (χ2v) is 5.01. The summed E-state index contributed by atoms with van der Waals surface area (Å²) in [6.45, 7) is 0. The molecule has 2 aromatic carbocycles. The highest BCUT2D eigenvalue weighted by molar-refractivity contribution is 9.10.